The van der Waals surface area contributed by atoms with Crippen molar-refractivity contribution in [1.29, 1.82) is 0 Å². The molecule has 1 N–H and O–H groups in total. The van der Waals surface area contributed by atoms with Crippen LogP contribution in [-0.2, 0) is 17.9 Å². The quantitative estimate of drug-likeness (QED) is 0.708. The summed E-state index contributed by atoms with van der Waals surface area (Å²) in [5.41, 5.74) is 1.09. The van der Waals surface area contributed by atoms with Gasteiger partial charge in [-0.2, -0.15) is 4.98 Å². The summed E-state index contributed by atoms with van der Waals surface area (Å²) in [6.07, 6.45) is 0.368. The average Bonchev–Trinajstić information content (AvgIpc) is 3.42. The van der Waals surface area contributed by atoms with Crippen LogP contribution in [0.3, 0.4) is 0 Å². The predicted molar refractivity (Wildman–Crippen MR) is 99.0 cm³/mol. The molecule has 1 aromatic carbocycles. The Morgan fingerprint density at radius 2 is 2.11 bits per heavy atom. The number of carbonyl (C=O) groups is 2. The van der Waals surface area contributed by atoms with Crippen LogP contribution in [0, 0.1) is 0 Å². The molecule has 8 heteroatoms. The van der Waals surface area contributed by atoms with Crippen LogP contribution in [0.4, 0.5) is 0 Å². The summed E-state index contributed by atoms with van der Waals surface area (Å²) in [6, 6.07) is 13.5. The molecule has 1 fully saturated rings. The van der Waals surface area contributed by atoms with Gasteiger partial charge in [0, 0.05) is 25.4 Å². The number of likely N-dealkylation sites (tertiary alicyclic amines) is 1. The van der Waals surface area contributed by atoms with E-state index in [-0.39, 0.29) is 24.3 Å². The summed E-state index contributed by atoms with van der Waals surface area (Å²) < 4.78 is 5.23. The van der Waals surface area contributed by atoms with E-state index < -0.39 is 0 Å². The van der Waals surface area contributed by atoms with Crippen molar-refractivity contribution in [3.05, 3.63) is 70.0 Å². The molecule has 0 radical (unpaired) electrons. The summed E-state index contributed by atoms with van der Waals surface area (Å²) >= 11 is 1.37. The molecule has 2 amide bonds. The number of thiophene rings is 1. The molecule has 3 heterocycles. The van der Waals surface area contributed by atoms with E-state index in [4.69, 9.17) is 4.52 Å². The number of rotatable bonds is 6. The van der Waals surface area contributed by atoms with Gasteiger partial charge in [-0.25, -0.2) is 0 Å². The number of hydrogen-bond acceptors (Lipinski definition) is 6. The largest absolute Gasteiger partial charge is 0.342 e. The van der Waals surface area contributed by atoms with Gasteiger partial charge < -0.3 is 14.7 Å². The van der Waals surface area contributed by atoms with Crippen LogP contribution < -0.4 is 5.32 Å². The highest BCUT2D eigenvalue weighted by molar-refractivity contribution is 7.12. The first-order valence-corrected chi connectivity index (χ1v) is 9.53. The second kappa shape index (κ2) is 7.71. The normalized spacial score (nSPS) is 16.7. The van der Waals surface area contributed by atoms with Crippen molar-refractivity contribution in [2.45, 2.75) is 25.4 Å². The molecular weight excluding hydrogens is 364 g/mol. The molecule has 2 aromatic heterocycles. The average molecular weight is 382 g/mol. The third-order valence-electron chi connectivity index (χ3n) is 4.42. The zero-order valence-electron chi connectivity index (χ0n) is 14.5. The highest BCUT2D eigenvalue weighted by Crippen LogP contribution is 2.27. The van der Waals surface area contributed by atoms with Crippen LogP contribution >= 0.6 is 11.3 Å². The summed E-state index contributed by atoms with van der Waals surface area (Å²) in [5.74, 6) is 0.672. The van der Waals surface area contributed by atoms with Crippen LogP contribution in [0.15, 0.2) is 52.4 Å². The van der Waals surface area contributed by atoms with Crippen molar-refractivity contribution < 1.29 is 14.1 Å². The van der Waals surface area contributed by atoms with Gasteiger partial charge in [-0.05, 0) is 17.0 Å². The summed E-state index contributed by atoms with van der Waals surface area (Å²) in [6.45, 7) is 1.31. The van der Waals surface area contributed by atoms with Crippen LogP contribution in [0.5, 0.6) is 0 Å². The Balaban J connectivity index is 1.34. The Hall–Kier alpha value is -3.00. The molecule has 0 bridgehead atoms. The lowest BCUT2D eigenvalue weighted by molar-refractivity contribution is -0.128. The van der Waals surface area contributed by atoms with E-state index in [1.807, 2.05) is 46.7 Å². The van der Waals surface area contributed by atoms with E-state index >= 15 is 0 Å². The number of nitrogens with zero attached hydrogens (tertiary/aromatic N) is 3. The van der Waals surface area contributed by atoms with Crippen LogP contribution in [0.25, 0.3) is 0 Å². The van der Waals surface area contributed by atoms with Crippen molar-refractivity contribution in [2.24, 2.45) is 0 Å². The maximum absolute atomic E-state index is 12.3. The first kappa shape index (κ1) is 17.4. The highest BCUT2D eigenvalue weighted by atomic mass is 32.1. The number of carbonyl (C=O) groups excluding carboxylic acids is 2. The SMILES string of the molecule is O=C(NCc1nc([C@H]2CC(=O)N(Cc3ccccc3)C2)no1)c1cccs1. The van der Waals surface area contributed by atoms with Crippen LogP contribution in [0.1, 0.15) is 39.3 Å². The number of nitrogens with one attached hydrogen (secondary N) is 1. The van der Waals surface area contributed by atoms with Gasteiger partial charge in [0.2, 0.25) is 11.8 Å². The molecule has 4 rings (SSSR count). The maximum atomic E-state index is 12.3. The van der Waals surface area contributed by atoms with E-state index in [9.17, 15) is 9.59 Å². The molecule has 3 aromatic rings. The zero-order valence-corrected chi connectivity index (χ0v) is 15.3. The van der Waals surface area contributed by atoms with Crippen molar-refractivity contribution >= 4 is 23.2 Å². The molecule has 7 nitrogen and oxygen atoms in total. The Morgan fingerprint density at radius 3 is 2.89 bits per heavy atom. The van der Waals surface area contributed by atoms with Gasteiger partial charge in [0.1, 0.15) is 0 Å². The molecule has 0 aliphatic carbocycles. The third-order valence-corrected chi connectivity index (χ3v) is 5.29. The topological polar surface area (TPSA) is 88.3 Å². The number of benzene rings is 1. The minimum Gasteiger partial charge on any atom is -0.342 e. The van der Waals surface area contributed by atoms with E-state index in [2.05, 4.69) is 15.5 Å². The molecule has 0 saturated carbocycles. The van der Waals surface area contributed by atoms with Crippen molar-refractivity contribution in [1.82, 2.24) is 20.4 Å². The second-order valence-corrected chi connectivity index (χ2v) is 7.31. The maximum Gasteiger partial charge on any atom is 0.261 e. The van der Waals surface area contributed by atoms with Crippen molar-refractivity contribution in [3.63, 3.8) is 0 Å². The smallest absolute Gasteiger partial charge is 0.261 e. The van der Waals surface area contributed by atoms with Gasteiger partial charge in [0.25, 0.3) is 5.91 Å². The summed E-state index contributed by atoms with van der Waals surface area (Å²) in [4.78, 5) is 31.1. The molecule has 0 spiro atoms. The van der Waals surface area contributed by atoms with E-state index in [1.54, 1.807) is 6.07 Å². The zero-order chi connectivity index (χ0) is 18.6. The van der Waals surface area contributed by atoms with E-state index in [1.165, 1.54) is 11.3 Å². The molecular formula is C19H18N4O3S. The Morgan fingerprint density at radius 1 is 1.26 bits per heavy atom. The van der Waals surface area contributed by atoms with Gasteiger partial charge in [-0.15, -0.1) is 11.3 Å². The summed E-state index contributed by atoms with van der Waals surface area (Å²) in [7, 11) is 0. The first-order chi connectivity index (χ1) is 13.2. The minimum absolute atomic E-state index is 0.0844. The molecule has 1 saturated heterocycles. The fraction of sp³-hybridized carbons (Fsp3) is 0.263. The van der Waals surface area contributed by atoms with Crippen LogP contribution in [0.2, 0.25) is 0 Å². The molecule has 138 valence electrons. The molecule has 1 atom stereocenters. The third kappa shape index (κ3) is 4.06. The lowest BCUT2D eigenvalue weighted by Crippen LogP contribution is -2.24. The van der Waals surface area contributed by atoms with Gasteiger partial charge in [0.15, 0.2) is 5.82 Å². The fourth-order valence-electron chi connectivity index (χ4n) is 3.06. The Kier molecular flexibility index (Phi) is 4.97. The number of hydrogen-bond donors (Lipinski definition) is 1. The van der Waals surface area contributed by atoms with Gasteiger partial charge in [-0.3, -0.25) is 9.59 Å². The predicted octanol–water partition coefficient (Wildman–Crippen LogP) is 2.58. The Labute approximate surface area is 160 Å². The van der Waals surface area contributed by atoms with Crippen LogP contribution in [-0.4, -0.2) is 33.4 Å². The standard InChI is InChI=1S/C19H18N4O3S/c24-17-9-14(12-23(17)11-13-5-2-1-3-6-13)18-21-16(26-22-18)10-20-19(25)15-7-4-8-27-15/h1-8,14H,9-12H2,(H,20,25)/t14-/m0/s1. The monoisotopic (exact) mass is 382 g/mol. The molecule has 1 aliphatic rings. The summed E-state index contributed by atoms with van der Waals surface area (Å²) in [5, 5.41) is 8.60. The highest BCUT2D eigenvalue weighted by Gasteiger charge is 2.33. The molecule has 27 heavy (non-hydrogen) atoms. The van der Waals surface area contributed by atoms with Gasteiger partial charge in [0.05, 0.1) is 11.4 Å². The second-order valence-electron chi connectivity index (χ2n) is 6.37. The van der Waals surface area contributed by atoms with Gasteiger partial charge >= 0.3 is 0 Å². The molecule has 0 unspecified atom stereocenters. The fourth-order valence-corrected chi connectivity index (χ4v) is 3.70. The lowest BCUT2D eigenvalue weighted by Gasteiger charge is -2.15. The van der Waals surface area contributed by atoms with Crippen molar-refractivity contribution in [3.8, 4) is 0 Å². The number of amides is 2. The Bertz CT molecular complexity index is 924. The van der Waals surface area contributed by atoms with Crippen molar-refractivity contribution in [2.75, 3.05) is 6.54 Å². The molecule has 1 aliphatic heterocycles. The lowest BCUT2D eigenvalue weighted by atomic mass is 10.1. The van der Waals surface area contributed by atoms with E-state index in [0.29, 0.717) is 36.1 Å². The minimum atomic E-state index is -0.171. The van der Waals surface area contributed by atoms with Gasteiger partial charge in [-0.1, -0.05) is 41.6 Å². The number of aromatic nitrogens is 2. The van der Waals surface area contributed by atoms with E-state index in [0.717, 1.165) is 5.56 Å². The first-order valence-electron chi connectivity index (χ1n) is 8.65.